The van der Waals surface area contributed by atoms with E-state index in [-0.39, 0.29) is 23.8 Å². The number of benzene rings is 1. The number of thiazole rings is 1. The number of carbonyl (C=O) groups is 1. The summed E-state index contributed by atoms with van der Waals surface area (Å²) in [5.74, 6) is -0.205. The SMILES string of the molecule is CC(C)(C)NS(=O)(=O)c1ccccc1CNC(=O)Cc1csc(-c2cccs2)n1. The van der Waals surface area contributed by atoms with Crippen LogP contribution in [-0.2, 0) is 27.8 Å². The van der Waals surface area contributed by atoms with Gasteiger partial charge in [0.15, 0.2) is 0 Å². The van der Waals surface area contributed by atoms with Crippen molar-refractivity contribution in [2.45, 2.75) is 44.2 Å². The van der Waals surface area contributed by atoms with Crippen LogP contribution in [0.4, 0.5) is 0 Å². The third kappa shape index (κ3) is 5.96. The lowest BCUT2D eigenvalue weighted by molar-refractivity contribution is -0.120. The van der Waals surface area contributed by atoms with Gasteiger partial charge in [0.05, 0.1) is 21.9 Å². The van der Waals surface area contributed by atoms with Gasteiger partial charge in [0.2, 0.25) is 15.9 Å². The van der Waals surface area contributed by atoms with E-state index < -0.39 is 15.6 Å². The quantitative estimate of drug-likeness (QED) is 0.574. The highest BCUT2D eigenvalue weighted by Crippen LogP contribution is 2.27. The molecule has 1 amide bonds. The van der Waals surface area contributed by atoms with E-state index in [2.05, 4.69) is 15.0 Å². The van der Waals surface area contributed by atoms with E-state index >= 15 is 0 Å². The topological polar surface area (TPSA) is 88.2 Å². The largest absolute Gasteiger partial charge is 0.352 e. The number of nitrogens with one attached hydrogen (secondary N) is 2. The van der Waals surface area contributed by atoms with E-state index in [0.29, 0.717) is 11.3 Å². The minimum absolute atomic E-state index is 0.127. The van der Waals surface area contributed by atoms with Gasteiger partial charge in [-0.05, 0) is 43.8 Å². The first-order chi connectivity index (χ1) is 13.6. The van der Waals surface area contributed by atoms with E-state index in [1.807, 2.05) is 22.9 Å². The lowest BCUT2D eigenvalue weighted by Crippen LogP contribution is -2.41. The van der Waals surface area contributed by atoms with E-state index in [9.17, 15) is 13.2 Å². The zero-order valence-electron chi connectivity index (χ0n) is 16.4. The number of nitrogens with zero attached hydrogens (tertiary/aromatic N) is 1. The summed E-state index contributed by atoms with van der Waals surface area (Å²) < 4.78 is 28.0. The Labute approximate surface area is 179 Å². The molecule has 0 atom stereocenters. The molecule has 3 aromatic rings. The van der Waals surface area contributed by atoms with Crippen LogP contribution in [0.15, 0.2) is 52.1 Å². The summed E-state index contributed by atoms with van der Waals surface area (Å²) in [6.45, 7) is 5.48. The fourth-order valence-corrected chi connectivity index (χ4v) is 5.99. The summed E-state index contributed by atoms with van der Waals surface area (Å²) >= 11 is 3.11. The van der Waals surface area contributed by atoms with Gasteiger partial charge in [0.25, 0.3) is 0 Å². The Morgan fingerprint density at radius 1 is 1.10 bits per heavy atom. The second-order valence-electron chi connectivity index (χ2n) is 7.54. The molecule has 154 valence electrons. The van der Waals surface area contributed by atoms with E-state index in [1.165, 1.54) is 11.3 Å². The normalized spacial score (nSPS) is 12.1. The Hall–Kier alpha value is -2.07. The van der Waals surface area contributed by atoms with Crippen LogP contribution in [0.3, 0.4) is 0 Å². The molecule has 29 heavy (non-hydrogen) atoms. The van der Waals surface area contributed by atoms with Crippen molar-refractivity contribution in [3.05, 3.63) is 58.4 Å². The lowest BCUT2D eigenvalue weighted by Gasteiger charge is -2.21. The van der Waals surface area contributed by atoms with Crippen molar-refractivity contribution in [1.82, 2.24) is 15.0 Å². The van der Waals surface area contributed by atoms with Crippen LogP contribution in [0.1, 0.15) is 32.0 Å². The highest BCUT2D eigenvalue weighted by molar-refractivity contribution is 7.89. The van der Waals surface area contributed by atoms with Gasteiger partial charge >= 0.3 is 0 Å². The first kappa shape index (κ1) is 21.6. The molecular formula is C20H23N3O3S3. The van der Waals surface area contributed by atoms with Crippen molar-refractivity contribution in [2.24, 2.45) is 0 Å². The fraction of sp³-hybridized carbons (Fsp3) is 0.300. The van der Waals surface area contributed by atoms with Gasteiger partial charge in [-0.25, -0.2) is 18.1 Å². The number of hydrogen-bond acceptors (Lipinski definition) is 6. The summed E-state index contributed by atoms with van der Waals surface area (Å²) in [7, 11) is -3.69. The van der Waals surface area contributed by atoms with Crippen LogP contribution in [0.5, 0.6) is 0 Å². The molecule has 0 aliphatic heterocycles. The first-order valence-corrected chi connectivity index (χ1v) is 12.3. The highest BCUT2D eigenvalue weighted by atomic mass is 32.2. The fourth-order valence-electron chi connectivity index (χ4n) is 2.69. The van der Waals surface area contributed by atoms with Crippen LogP contribution >= 0.6 is 22.7 Å². The van der Waals surface area contributed by atoms with Crippen LogP contribution < -0.4 is 10.0 Å². The number of aromatic nitrogens is 1. The van der Waals surface area contributed by atoms with E-state index in [1.54, 1.807) is 56.4 Å². The predicted molar refractivity (Wildman–Crippen MR) is 117 cm³/mol. The third-order valence-electron chi connectivity index (χ3n) is 3.80. The lowest BCUT2D eigenvalue weighted by atomic mass is 10.1. The first-order valence-electron chi connectivity index (χ1n) is 9.01. The molecule has 3 rings (SSSR count). The Balaban J connectivity index is 1.65. The molecule has 0 aliphatic carbocycles. The Morgan fingerprint density at radius 2 is 1.86 bits per heavy atom. The zero-order chi connectivity index (χ0) is 21.1. The molecule has 9 heteroatoms. The molecule has 0 radical (unpaired) electrons. The summed E-state index contributed by atoms with van der Waals surface area (Å²) in [6.07, 6.45) is 0.150. The summed E-state index contributed by atoms with van der Waals surface area (Å²) in [5, 5.41) is 7.56. The number of amides is 1. The van der Waals surface area contributed by atoms with Gasteiger partial charge in [-0.3, -0.25) is 4.79 Å². The summed E-state index contributed by atoms with van der Waals surface area (Å²) in [5.41, 5.74) is 0.640. The minimum Gasteiger partial charge on any atom is -0.352 e. The monoisotopic (exact) mass is 449 g/mol. The van der Waals surface area contributed by atoms with Crippen molar-refractivity contribution >= 4 is 38.6 Å². The highest BCUT2D eigenvalue weighted by Gasteiger charge is 2.24. The van der Waals surface area contributed by atoms with Crippen molar-refractivity contribution in [2.75, 3.05) is 0 Å². The van der Waals surface area contributed by atoms with Crippen molar-refractivity contribution in [3.63, 3.8) is 0 Å². The van der Waals surface area contributed by atoms with Gasteiger partial charge in [-0.2, -0.15) is 0 Å². The van der Waals surface area contributed by atoms with Crippen LogP contribution in [0.2, 0.25) is 0 Å². The maximum Gasteiger partial charge on any atom is 0.241 e. The second kappa shape index (κ2) is 8.74. The van der Waals surface area contributed by atoms with Gasteiger partial charge < -0.3 is 5.32 Å². The van der Waals surface area contributed by atoms with Crippen LogP contribution in [0.25, 0.3) is 9.88 Å². The standard InChI is InChI=1S/C20H23N3O3S3/c1-20(2,3)23-29(25,26)17-9-5-4-7-14(17)12-21-18(24)11-15-13-28-19(22-15)16-8-6-10-27-16/h4-10,13,23H,11-12H2,1-3H3,(H,21,24). The maximum absolute atomic E-state index is 12.7. The van der Waals surface area contributed by atoms with Gasteiger partial charge in [-0.15, -0.1) is 22.7 Å². The Kier molecular flexibility index (Phi) is 6.52. The Morgan fingerprint density at radius 3 is 2.55 bits per heavy atom. The maximum atomic E-state index is 12.7. The Bertz CT molecular complexity index is 1080. The molecule has 1 aromatic carbocycles. The van der Waals surface area contributed by atoms with Gasteiger partial charge in [0.1, 0.15) is 5.01 Å². The number of sulfonamides is 1. The molecular weight excluding hydrogens is 426 g/mol. The minimum atomic E-state index is -3.69. The van der Waals surface area contributed by atoms with Crippen LogP contribution in [0, 0.1) is 0 Å². The smallest absolute Gasteiger partial charge is 0.241 e. The third-order valence-corrected chi connectivity index (χ3v) is 7.59. The summed E-state index contributed by atoms with van der Waals surface area (Å²) in [4.78, 5) is 18.1. The van der Waals surface area contributed by atoms with Crippen LogP contribution in [-0.4, -0.2) is 24.8 Å². The second-order valence-corrected chi connectivity index (χ2v) is 11.0. The predicted octanol–water partition coefficient (Wildman–Crippen LogP) is 3.81. The number of carbonyl (C=O) groups excluding carboxylic acids is 1. The molecule has 0 unspecified atom stereocenters. The summed E-state index contributed by atoms with van der Waals surface area (Å²) in [6, 6.07) is 10.6. The van der Waals surface area contributed by atoms with Gasteiger partial charge in [-0.1, -0.05) is 24.3 Å². The molecule has 0 saturated carbocycles. The molecule has 0 spiro atoms. The number of hydrogen-bond donors (Lipinski definition) is 2. The van der Waals surface area contributed by atoms with E-state index in [4.69, 9.17) is 0 Å². The molecule has 6 nitrogen and oxygen atoms in total. The average Bonchev–Trinajstić information content (AvgIpc) is 3.29. The van der Waals surface area contributed by atoms with Crippen molar-refractivity contribution < 1.29 is 13.2 Å². The molecule has 0 saturated heterocycles. The molecule has 2 N–H and O–H groups in total. The van der Waals surface area contributed by atoms with Gasteiger partial charge in [0, 0.05) is 17.5 Å². The number of rotatable bonds is 7. The molecule has 2 heterocycles. The average molecular weight is 450 g/mol. The zero-order valence-corrected chi connectivity index (χ0v) is 18.9. The van der Waals surface area contributed by atoms with E-state index in [0.717, 1.165) is 9.88 Å². The molecule has 0 bridgehead atoms. The molecule has 0 fully saturated rings. The molecule has 2 aromatic heterocycles. The molecule has 0 aliphatic rings. The number of thiophene rings is 1. The van der Waals surface area contributed by atoms with Crippen molar-refractivity contribution in [3.8, 4) is 9.88 Å². The van der Waals surface area contributed by atoms with Crippen molar-refractivity contribution in [1.29, 1.82) is 0 Å².